The maximum absolute atomic E-state index is 12.9. The Morgan fingerprint density at radius 2 is 0.559 bits per heavy atom. The van der Waals surface area contributed by atoms with Gasteiger partial charge in [0, 0.05) is 12.8 Å². The molecule has 0 amide bonds. The zero-order valence-electron chi connectivity index (χ0n) is 67.6. The minimum atomic E-state index is -4.40. The van der Waals surface area contributed by atoms with Crippen molar-refractivity contribution >= 4 is 19.8 Å². The van der Waals surface area contributed by atoms with E-state index in [9.17, 15) is 19.0 Å². The van der Waals surface area contributed by atoms with Gasteiger partial charge in [0.2, 0.25) is 0 Å². The van der Waals surface area contributed by atoms with Gasteiger partial charge < -0.3 is 18.9 Å². The molecular formula is C92H165NO8P+. The number of allylic oxidation sites excluding steroid dienone is 20. The van der Waals surface area contributed by atoms with E-state index in [1.165, 1.54) is 270 Å². The zero-order valence-corrected chi connectivity index (χ0v) is 68.5. The largest absolute Gasteiger partial charge is 0.472 e. The molecule has 102 heavy (non-hydrogen) atoms. The number of unbranched alkanes of at least 4 members (excludes halogenated alkanes) is 46. The fourth-order valence-corrected chi connectivity index (χ4v) is 13.2. The number of esters is 2. The summed E-state index contributed by atoms with van der Waals surface area (Å²) in [6, 6.07) is 0. The van der Waals surface area contributed by atoms with Crippen molar-refractivity contribution in [2.24, 2.45) is 0 Å². The molecule has 0 aliphatic heterocycles. The molecule has 590 valence electrons. The number of phosphoric ester groups is 1. The van der Waals surface area contributed by atoms with Crippen LogP contribution in [0.2, 0.25) is 0 Å². The molecule has 1 N–H and O–H groups in total. The highest BCUT2D eigenvalue weighted by Crippen LogP contribution is 2.43. The maximum Gasteiger partial charge on any atom is 0.472 e. The van der Waals surface area contributed by atoms with Gasteiger partial charge in [-0.1, -0.05) is 399 Å². The molecule has 0 saturated carbocycles. The van der Waals surface area contributed by atoms with Crippen molar-refractivity contribution in [3.63, 3.8) is 0 Å². The van der Waals surface area contributed by atoms with E-state index in [1.54, 1.807) is 0 Å². The molecule has 0 saturated heterocycles. The van der Waals surface area contributed by atoms with Gasteiger partial charge in [0.25, 0.3) is 0 Å². The molecule has 0 aromatic heterocycles. The van der Waals surface area contributed by atoms with Crippen molar-refractivity contribution in [1.29, 1.82) is 0 Å². The average Bonchev–Trinajstić information content (AvgIpc) is 0.916. The molecule has 0 rings (SSSR count). The summed E-state index contributed by atoms with van der Waals surface area (Å²) in [4.78, 5) is 36.0. The fourth-order valence-electron chi connectivity index (χ4n) is 12.4. The highest BCUT2D eigenvalue weighted by Gasteiger charge is 2.27. The summed E-state index contributed by atoms with van der Waals surface area (Å²) in [7, 11) is 1.48. The first kappa shape index (κ1) is 98.4. The molecule has 0 aromatic carbocycles. The lowest BCUT2D eigenvalue weighted by Crippen LogP contribution is -2.37. The second kappa shape index (κ2) is 81.5. The van der Waals surface area contributed by atoms with Crippen LogP contribution in [0.25, 0.3) is 0 Å². The number of rotatable bonds is 80. The third kappa shape index (κ3) is 85.3. The SMILES string of the molecule is CC/C=C\C/C=C\C/C=C\C/C=C\C/C=C\C/C=C\C/C=C\C/C=C\C/C=C\CCCCCCCCCCCCCCCC(=O)OC(COC(=O)CCCCCCCCCCCCCCCCCCCCCCCCCCC/C=C\CCCCCCCCCC)COP(=O)(O)OCC[N+](C)(C)C. The average molecular weight is 1440 g/mol. The third-order valence-electron chi connectivity index (χ3n) is 19.0. The van der Waals surface area contributed by atoms with E-state index in [0.29, 0.717) is 17.4 Å². The summed E-state index contributed by atoms with van der Waals surface area (Å²) in [5.41, 5.74) is 0. The number of hydrogen-bond acceptors (Lipinski definition) is 7. The maximum atomic E-state index is 12.9. The second-order valence-corrected chi connectivity index (χ2v) is 31.6. The molecule has 2 atom stereocenters. The Hall–Kier alpha value is -3.59. The van der Waals surface area contributed by atoms with Crippen molar-refractivity contribution in [1.82, 2.24) is 0 Å². The number of likely N-dealkylation sites (N-methyl/N-ethyl adjacent to an activating group) is 1. The molecular weight excluding hydrogens is 1280 g/mol. The van der Waals surface area contributed by atoms with Crippen molar-refractivity contribution in [3.8, 4) is 0 Å². The quantitative estimate of drug-likeness (QED) is 0.0211. The van der Waals surface area contributed by atoms with Crippen LogP contribution in [0, 0.1) is 0 Å². The van der Waals surface area contributed by atoms with Crippen LogP contribution in [0.3, 0.4) is 0 Å². The van der Waals surface area contributed by atoms with Crippen LogP contribution < -0.4 is 0 Å². The van der Waals surface area contributed by atoms with Gasteiger partial charge in [0.05, 0.1) is 27.7 Å². The summed E-state index contributed by atoms with van der Waals surface area (Å²) in [5.74, 6) is -0.785. The third-order valence-corrected chi connectivity index (χ3v) is 20.0. The number of phosphoric acid groups is 1. The van der Waals surface area contributed by atoms with Crippen LogP contribution in [0.4, 0.5) is 0 Å². The Morgan fingerprint density at radius 1 is 0.314 bits per heavy atom. The molecule has 10 heteroatoms. The predicted molar refractivity (Wildman–Crippen MR) is 445 cm³/mol. The topological polar surface area (TPSA) is 108 Å². The molecule has 0 bridgehead atoms. The molecule has 0 fully saturated rings. The lowest BCUT2D eigenvalue weighted by Gasteiger charge is -2.24. The first-order chi connectivity index (χ1) is 50.0. The number of nitrogens with zero attached hydrogens (tertiary/aromatic N) is 1. The van der Waals surface area contributed by atoms with Gasteiger partial charge >= 0.3 is 19.8 Å². The van der Waals surface area contributed by atoms with E-state index in [4.69, 9.17) is 18.5 Å². The minimum Gasteiger partial charge on any atom is -0.462 e. The van der Waals surface area contributed by atoms with Crippen molar-refractivity contribution in [2.45, 2.75) is 405 Å². The number of carbonyl (C=O) groups is 2. The number of hydrogen-bond donors (Lipinski definition) is 1. The van der Waals surface area contributed by atoms with Crippen molar-refractivity contribution in [2.75, 3.05) is 47.5 Å². The predicted octanol–water partition coefficient (Wildman–Crippen LogP) is 29.3. The van der Waals surface area contributed by atoms with Gasteiger partial charge in [-0.2, -0.15) is 0 Å². The molecule has 0 aliphatic carbocycles. The Morgan fingerprint density at radius 3 is 0.843 bits per heavy atom. The van der Waals surface area contributed by atoms with Gasteiger partial charge in [-0.25, -0.2) is 4.57 Å². The Bertz CT molecular complexity index is 2140. The van der Waals surface area contributed by atoms with E-state index in [0.717, 1.165) is 96.3 Å². The first-order valence-corrected chi connectivity index (χ1v) is 44.8. The number of carbonyl (C=O) groups excluding carboxylic acids is 2. The molecule has 0 aromatic rings. The van der Waals surface area contributed by atoms with Crippen LogP contribution in [0.5, 0.6) is 0 Å². The normalized spacial score (nSPS) is 13.6. The smallest absolute Gasteiger partial charge is 0.462 e. The lowest BCUT2D eigenvalue weighted by molar-refractivity contribution is -0.870. The van der Waals surface area contributed by atoms with Crippen LogP contribution >= 0.6 is 7.82 Å². The summed E-state index contributed by atoms with van der Waals surface area (Å²) in [6.45, 7) is 4.37. The zero-order chi connectivity index (χ0) is 74.0. The van der Waals surface area contributed by atoms with E-state index in [1.807, 2.05) is 21.1 Å². The fraction of sp³-hybridized carbons (Fsp3) is 0.761. The monoisotopic (exact) mass is 1440 g/mol. The summed E-state index contributed by atoms with van der Waals surface area (Å²) < 4.78 is 34.9. The van der Waals surface area contributed by atoms with Gasteiger partial charge in [0.1, 0.15) is 19.8 Å². The van der Waals surface area contributed by atoms with Crippen LogP contribution in [-0.4, -0.2) is 74.9 Å². The van der Waals surface area contributed by atoms with Gasteiger partial charge in [-0.05, 0) is 109 Å². The number of ether oxygens (including phenoxy) is 2. The molecule has 0 aliphatic rings. The molecule has 0 spiro atoms. The molecule has 9 nitrogen and oxygen atoms in total. The highest BCUT2D eigenvalue weighted by molar-refractivity contribution is 7.47. The Labute approximate surface area is 632 Å². The lowest BCUT2D eigenvalue weighted by atomic mass is 10.0. The van der Waals surface area contributed by atoms with Crippen LogP contribution in [0.15, 0.2) is 122 Å². The molecule has 0 radical (unpaired) electrons. The van der Waals surface area contributed by atoms with Crippen LogP contribution in [0.1, 0.15) is 399 Å². The van der Waals surface area contributed by atoms with Crippen molar-refractivity contribution < 1.29 is 42.1 Å². The van der Waals surface area contributed by atoms with Crippen molar-refractivity contribution in [3.05, 3.63) is 122 Å². The van der Waals surface area contributed by atoms with E-state index >= 15 is 0 Å². The summed E-state index contributed by atoms with van der Waals surface area (Å²) >= 11 is 0. The van der Waals surface area contributed by atoms with E-state index in [-0.39, 0.29) is 32.0 Å². The van der Waals surface area contributed by atoms with Gasteiger partial charge in [-0.15, -0.1) is 0 Å². The summed E-state index contributed by atoms with van der Waals surface area (Å²) in [6.07, 6.45) is 118. The minimum absolute atomic E-state index is 0.0295. The standard InChI is InChI=1S/C92H164NO8P/c1-6-8-10-12-14-16-18-20-22-24-26-28-30-32-34-36-38-40-42-44-45-46-47-49-51-53-55-57-59-61-63-65-67-69-71-73-75-77-79-81-83-85-92(95)101-90(89-100-102(96,97)99-87-86-93(3,4)5)88-98-91(94)84-82-80-78-76-74-72-70-68-66-64-62-60-58-56-54-52-50-48-43-41-39-37-35-33-31-29-27-25-23-21-19-17-15-13-11-9-7-2/h8,10,14,16,20,22,25-28,32,34,38,40,44-45,47,49,53,55,90H,6-7,9,11-13,15,17-19,21,23-24,29-31,33,35-37,39,41-43,46,48,50-52,54,56-89H2,1-5H3/p+1/b10-8-,16-14-,22-20-,27-25-,28-26-,34-32-,40-38-,45-44-,49-47-,55-53-. The first-order valence-electron chi connectivity index (χ1n) is 43.3. The molecule has 0 heterocycles. The van der Waals surface area contributed by atoms with Crippen LogP contribution in [-0.2, 0) is 32.7 Å². The highest BCUT2D eigenvalue weighted by atomic mass is 31.2. The Kier molecular flexibility index (Phi) is 78.6. The second-order valence-electron chi connectivity index (χ2n) is 30.2. The summed E-state index contributed by atoms with van der Waals surface area (Å²) in [5, 5.41) is 0. The van der Waals surface area contributed by atoms with E-state index < -0.39 is 26.5 Å². The molecule has 2 unspecified atom stereocenters. The Balaban J connectivity index is 3.94. The van der Waals surface area contributed by atoms with Gasteiger partial charge in [0.15, 0.2) is 6.10 Å². The number of quaternary nitrogens is 1. The van der Waals surface area contributed by atoms with E-state index in [2.05, 4.69) is 135 Å². The van der Waals surface area contributed by atoms with Gasteiger partial charge in [-0.3, -0.25) is 18.6 Å².